The minimum atomic E-state index is 0.382. The van der Waals surface area contributed by atoms with Gasteiger partial charge in [0.15, 0.2) is 5.58 Å². The molecule has 0 aliphatic carbocycles. The lowest BCUT2D eigenvalue weighted by molar-refractivity contribution is 0.552. The van der Waals surface area contributed by atoms with Crippen molar-refractivity contribution in [1.82, 2.24) is 0 Å². The van der Waals surface area contributed by atoms with Crippen molar-refractivity contribution < 1.29 is 4.42 Å². The molecule has 0 amide bonds. The Labute approximate surface area is 108 Å². The van der Waals surface area contributed by atoms with Crippen LogP contribution in [-0.4, -0.2) is 0 Å². The van der Waals surface area contributed by atoms with E-state index in [2.05, 4.69) is 11.4 Å². The summed E-state index contributed by atoms with van der Waals surface area (Å²) in [5.41, 5.74) is 7.34. The third kappa shape index (κ3) is 1.86. The van der Waals surface area contributed by atoms with Gasteiger partial charge in [-0.1, -0.05) is 11.6 Å². The highest BCUT2D eigenvalue weighted by Gasteiger charge is 2.10. The number of halogens is 1. The summed E-state index contributed by atoms with van der Waals surface area (Å²) in [7, 11) is 0. The van der Waals surface area contributed by atoms with Crippen LogP contribution in [0.2, 0.25) is 5.02 Å². The molecule has 0 fully saturated rings. The third-order valence-corrected chi connectivity index (χ3v) is 3.71. The molecule has 2 aromatic heterocycles. The van der Waals surface area contributed by atoms with Gasteiger partial charge in [-0.15, -0.1) is 11.3 Å². The van der Waals surface area contributed by atoms with Gasteiger partial charge in [0, 0.05) is 15.6 Å². The number of fused-ring (bicyclic) bond motifs is 1. The van der Waals surface area contributed by atoms with Crippen LogP contribution in [-0.2, 0) is 6.54 Å². The lowest BCUT2D eigenvalue weighted by Crippen LogP contribution is -1.92. The van der Waals surface area contributed by atoms with Crippen LogP contribution in [0.3, 0.4) is 0 Å². The number of furan rings is 1. The molecule has 0 saturated carbocycles. The molecule has 0 spiro atoms. The molecule has 1 aromatic carbocycles. The van der Waals surface area contributed by atoms with Gasteiger partial charge in [0.2, 0.25) is 0 Å². The molecule has 0 saturated heterocycles. The number of nitrogens with two attached hydrogens (primary N) is 1. The zero-order valence-corrected chi connectivity index (χ0v) is 10.4. The molecule has 3 aromatic rings. The number of hydrogen-bond acceptors (Lipinski definition) is 3. The smallest absolute Gasteiger partial charge is 0.152 e. The Morgan fingerprint density at radius 2 is 2.24 bits per heavy atom. The molecule has 4 heteroatoms. The molecule has 2 N–H and O–H groups in total. The Kier molecular flexibility index (Phi) is 2.67. The lowest BCUT2D eigenvalue weighted by atomic mass is 10.1. The highest BCUT2D eigenvalue weighted by Crippen LogP contribution is 2.34. The summed E-state index contributed by atoms with van der Waals surface area (Å²) in [6.07, 6.45) is 0. The summed E-state index contributed by atoms with van der Waals surface area (Å²) in [6, 6.07) is 9.82. The van der Waals surface area contributed by atoms with Crippen molar-refractivity contribution in [2.45, 2.75) is 6.54 Å². The Morgan fingerprint density at radius 3 is 2.94 bits per heavy atom. The van der Waals surface area contributed by atoms with Crippen LogP contribution in [0, 0.1) is 5.38 Å². The minimum absolute atomic E-state index is 0.382. The second-order valence-corrected chi connectivity index (χ2v) is 5.00. The predicted octanol–water partition coefficient (Wildman–Crippen LogP) is 4.07. The van der Waals surface area contributed by atoms with Crippen LogP contribution >= 0.6 is 22.9 Å². The maximum Gasteiger partial charge on any atom is 0.152 e. The van der Waals surface area contributed by atoms with Gasteiger partial charge in [-0.05, 0) is 35.9 Å². The van der Waals surface area contributed by atoms with E-state index in [0.29, 0.717) is 17.2 Å². The highest BCUT2D eigenvalue weighted by molar-refractivity contribution is 7.13. The Balaban J connectivity index is 2.23. The fraction of sp³-hybridized carbons (Fsp3) is 0.0769. The van der Waals surface area contributed by atoms with Gasteiger partial charge in [0.05, 0.1) is 11.6 Å². The quantitative estimate of drug-likeness (QED) is 0.756. The highest BCUT2D eigenvalue weighted by atomic mass is 35.5. The number of hydrogen-bond donors (Lipinski definition) is 1. The summed E-state index contributed by atoms with van der Waals surface area (Å²) in [5.74, 6) is 0.747. The van der Waals surface area contributed by atoms with E-state index in [1.165, 1.54) is 0 Å². The zero-order valence-electron chi connectivity index (χ0n) is 8.87. The van der Waals surface area contributed by atoms with Gasteiger partial charge in [-0.2, -0.15) is 0 Å². The van der Waals surface area contributed by atoms with Crippen LogP contribution in [0.4, 0.5) is 0 Å². The van der Waals surface area contributed by atoms with Crippen molar-refractivity contribution in [2.24, 2.45) is 5.73 Å². The molecule has 1 radical (unpaired) electrons. The van der Waals surface area contributed by atoms with Gasteiger partial charge < -0.3 is 10.2 Å². The van der Waals surface area contributed by atoms with Crippen molar-refractivity contribution in [3.8, 4) is 10.4 Å². The Morgan fingerprint density at radius 1 is 1.35 bits per heavy atom. The first-order valence-corrected chi connectivity index (χ1v) is 6.35. The first-order chi connectivity index (χ1) is 8.28. The van der Waals surface area contributed by atoms with E-state index < -0.39 is 0 Å². The molecule has 0 unspecified atom stereocenters. The first kappa shape index (κ1) is 10.8. The summed E-state index contributed by atoms with van der Waals surface area (Å²) < 4.78 is 5.56. The van der Waals surface area contributed by atoms with E-state index in [-0.39, 0.29) is 0 Å². The Bertz CT molecular complexity index is 657. The zero-order chi connectivity index (χ0) is 11.8. The first-order valence-electron chi connectivity index (χ1n) is 5.16. The van der Waals surface area contributed by atoms with Gasteiger partial charge in [-0.3, -0.25) is 0 Å². The molecule has 0 aliphatic heterocycles. The lowest BCUT2D eigenvalue weighted by Gasteiger charge is -1.99. The standard InChI is InChI=1S/C13H9ClNOS/c14-11-6-8(12-2-1-3-17-12)4-9-5-10(7-15)16-13(9)11/h1-2,4-6H,7,15H2. The fourth-order valence-electron chi connectivity index (χ4n) is 1.80. The molecule has 17 heavy (non-hydrogen) atoms. The molecular formula is C13H9ClNOS. The van der Waals surface area contributed by atoms with Gasteiger partial charge in [-0.25, -0.2) is 0 Å². The second-order valence-electron chi connectivity index (χ2n) is 3.71. The second kappa shape index (κ2) is 4.18. The van der Waals surface area contributed by atoms with Crippen molar-refractivity contribution in [1.29, 1.82) is 0 Å². The van der Waals surface area contributed by atoms with E-state index in [1.54, 1.807) is 11.3 Å². The largest absolute Gasteiger partial charge is 0.458 e. The topological polar surface area (TPSA) is 39.2 Å². The molecule has 0 bridgehead atoms. The van der Waals surface area contributed by atoms with Crippen LogP contribution in [0.5, 0.6) is 0 Å². The summed E-state index contributed by atoms with van der Waals surface area (Å²) >= 11 is 7.78. The fourth-order valence-corrected chi connectivity index (χ4v) is 2.70. The molecule has 2 heterocycles. The average molecular weight is 263 g/mol. The molecule has 0 aliphatic rings. The maximum atomic E-state index is 6.21. The van der Waals surface area contributed by atoms with Crippen LogP contribution in [0.1, 0.15) is 5.76 Å². The van der Waals surface area contributed by atoms with E-state index in [4.69, 9.17) is 21.8 Å². The SMILES string of the molecule is NCc1cc2cc(-c3cc[c]s3)cc(Cl)c2o1. The Hall–Kier alpha value is -1.29. The van der Waals surface area contributed by atoms with Crippen molar-refractivity contribution in [3.63, 3.8) is 0 Å². The average Bonchev–Trinajstić information content (AvgIpc) is 2.97. The molecule has 85 valence electrons. The maximum absolute atomic E-state index is 6.21. The van der Waals surface area contributed by atoms with Crippen LogP contribution in [0.25, 0.3) is 21.4 Å². The van der Waals surface area contributed by atoms with Gasteiger partial charge in [0.1, 0.15) is 5.76 Å². The third-order valence-electron chi connectivity index (χ3n) is 2.58. The van der Waals surface area contributed by atoms with Crippen LogP contribution in [0.15, 0.2) is 34.7 Å². The van der Waals surface area contributed by atoms with E-state index >= 15 is 0 Å². The summed E-state index contributed by atoms with van der Waals surface area (Å²) in [5, 5.41) is 4.67. The number of rotatable bonds is 2. The molecular weight excluding hydrogens is 254 g/mol. The van der Waals surface area contributed by atoms with Gasteiger partial charge >= 0.3 is 0 Å². The van der Waals surface area contributed by atoms with E-state index in [1.807, 2.05) is 24.3 Å². The summed E-state index contributed by atoms with van der Waals surface area (Å²) in [4.78, 5) is 1.14. The normalized spacial score (nSPS) is 11.2. The molecule has 0 atom stereocenters. The van der Waals surface area contributed by atoms with Crippen molar-refractivity contribution in [3.05, 3.63) is 46.5 Å². The monoisotopic (exact) mass is 262 g/mol. The van der Waals surface area contributed by atoms with Gasteiger partial charge in [0.25, 0.3) is 0 Å². The van der Waals surface area contributed by atoms with E-state index in [9.17, 15) is 0 Å². The van der Waals surface area contributed by atoms with E-state index in [0.717, 1.165) is 21.6 Å². The van der Waals surface area contributed by atoms with Crippen molar-refractivity contribution in [2.75, 3.05) is 0 Å². The van der Waals surface area contributed by atoms with Crippen molar-refractivity contribution >= 4 is 33.9 Å². The molecule has 3 rings (SSSR count). The summed E-state index contributed by atoms with van der Waals surface area (Å²) in [6.45, 7) is 0.382. The molecule has 2 nitrogen and oxygen atoms in total. The predicted molar refractivity (Wildman–Crippen MR) is 71.3 cm³/mol. The number of benzene rings is 1. The number of thiophene rings is 1. The van der Waals surface area contributed by atoms with Crippen LogP contribution < -0.4 is 5.73 Å². The minimum Gasteiger partial charge on any atom is -0.458 e.